The van der Waals surface area contributed by atoms with Crippen LogP contribution in [0.5, 0.6) is 0 Å². The molecule has 5 nitrogen and oxygen atoms in total. The van der Waals surface area contributed by atoms with E-state index in [4.69, 9.17) is 4.98 Å². The number of hydrogen-bond donors (Lipinski definition) is 0. The van der Waals surface area contributed by atoms with Crippen LogP contribution in [-0.4, -0.2) is 25.4 Å². The number of pyridine rings is 1. The zero-order valence-electron chi connectivity index (χ0n) is 18.5. The van der Waals surface area contributed by atoms with Crippen molar-refractivity contribution < 1.29 is 4.79 Å². The Morgan fingerprint density at radius 2 is 1.97 bits per heavy atom. The van der Waals surface area contributed by atoms with Gasteiger partial charge in [-0.2, -0.15) is 5.10 Å². The van der Waals surface area contributed by atoms with Crippen molar-refractivity contribution in [1.82, 2.24) is 19.6 Å². The summed E-state index contributed by atoms with van der Waals surface area (Å²) in [5.41, 5.74) is 6.12. The van der Waals surface area contributed by atoms with Gasteiger partial charge in [-0.3, -0.25) is 4.79 Å². The molecule has 3 aromatic heterocycles. The molecule has 0 unspecified atom stereocenters. The summed E-state index contributed by atoms with van der Waals surface area (Å²) in [5, 5.41) is 4.46. The first-order valence-electron chi connectivity index (χ1n) is 11.7. The molecule has 3 aromatic rings. The number of nitrogens with zero attached hydrogens (tertiary/aromatic N) is 4. The van der Waals surface area contributed by atoms with Crippen molar-refractivity contribution in [3.05, 3.63) is 65.0 Å². The maximum Gasteiger partial charge on any atom is 0.169 e. The summed E-state index contributed by atoms with van der Waals surface area (Å²) in [6.07, 6.45) is 16.5. The van der Waals surface area contributed by atoms with Crippen LogP contribution in [0.2, 0.25) is 0 Å². The fraction of sp³-hybridized carbons (Fsp3) is 0.462. The predicted molar refractivity (Wildman–Crippen MR) is 122 cm³/mol. The molecule has 0 N–H and O–H groups in total. The van der Waals surface area contributed by atoms with Gasteiger partial charge < -0.3 is 0 Å². The lowest BCUT2D eigenvalue weighted by Crippen LogP contribution is -2.13. The highest BCUT2D eigenvalue weighted by molar-refractivity contribution is 6.04. The van der Waals surface area contributed by atoms with Crippen LogP contribution in [-0.2, 0) is 12.8 Å². The zero-order valence-corrected chi connectivity index (χ0v) is 18.5. The molecule has 5 rings (SSSR count). The molecule has 0 aliphatic heterocycles. The fourth-order valence-electron chi connectivity index (χ4n) is 4.98. The Hall–Kier alpha value is -2.82. The van der Waals surface area contributed by atoms with Gasteiger partial charge in [0, 0.05) is 36.7 Å². The van der Waals surface area contributed by atoms with Gasteiger partial charge in [0.2, 0.25) is 0 Å². The maximum atomic E-state index is 13.3. The van der Waals surface area contributed by atoms with Crippen molar-refractivity contribution in [1.29, 1.82) is 0 Å². The summed E-state index contributed by atoms with van der Waals surface area (Å²) in [5.74, 6) is 1.86. The first kappa shape index (κ1) is 20.1. The summed E-state index contributed by atoms with van der Waals surface area (Å²) in [6.45, 7) is 4.38. The maximum absolute atomic E-state index is 13.3. The molecule has 1 saturated carbocycles. The normalized spacial score (nSPS) is 17.1. The molecular formula is C26H30N4O. The van der Waals surface area contributed by atoms with Crippen LogP contribution in [0.3, 0.4) is 0 Å². The molecule has 0 spiro atoms. The molecule has 1 fully saturated rings. The highest BCUT2D eigenvalue weighted by Crippen LogP contribution is 2.33. The lowest BCUT2D eigenvalue weighted by molar-refractivity contribution is 0.0909. The average Bonchev–Trinajstić information content (AvgIpc) is 3.26. The van der Waals surface area contributed by atoms with Crippen molar-refractivity contribution in [2.45, 2.75) is 65.2 Å². The summed E-state index contributed by atoms with van der Waals surface area (Å²) < 4.78 is 1.83. The largest absolute Gasteiger partial charge is 0.294 e. The van der Waals surface area contributed by atoms with Crippen LogP contribution in [0, 0.1) is 11.8 Å². The van der Waals surface area contributed by atoms with E-state index in [0.29, 0.717) is 5.92 Å². The average molecular weight is 415 g/mol. The van der Waals surface area contributed by atoms with Gasteiger partial charge in [-0.25, -0.2) is 14.5 Å². The molecule has 2 aliphatic carbocycles. The minimum absolute atomic E-state index is 0.137. The van der Waals surface area contributed by atoms with Crippen molar-refractivity contribution in [3.8, 4) is 0 Å². The molecule has 0 aromatic carbocycles. The van der Waals surface area contributed by atoms with E-state index >= 15 is 0 Å². The monoisotopic (exact) mass is 414 g/mol. The van der Waals surface area contributed by atoms with Crippen molar-refractivity contribution >= 4 is 16.9 Å². The standard InChI is InChI=1S/C26H30N4O/c1-17(2)13-25-27-15-21-20(9-10-23(21)29-25)19-11-12-30-24(14-19)22(16-28-30)26(31)18-7-5-3-4-6-8-18/h9,11-12,14-18H,3-8,10,13H2,1-2H3. The molecule has 160 valence electrons. The van der Waals surface area contributed by atoms with Gasteiger partial charge in [0.1, 0.15) is 5.82 Å². The second-order valence-electron chi connectivity index (χ2n) is 9.42. The number of ketones is 1. The van der Waals surface area contributed by atoms with E-state index in [-0.39, 0.29) is 11.7 Å². The van der Waals surface area contributed by atoms with Crippen LogP contribution in [0.15, 0.2) is 36.8 Å². The number of carbonyl (C=O) groups is 1. The third-order valence-corrected chi connectivity index (χ3v) is 6.62. The molecule has 0 amide bonds. The molecule has 0 radical (unpaired) electrons. The molecule has 31 heavy (non-hydrogen) atoms. The van der Waals surface area contributed by atoms with E-state index in [0.717, 1.165) is 77.8 Å². The Labute approximate surface area is 183 Å². The zero-order chi connectivity index (χ0) is 21.4. The third-order valence-electron chi connectivity index (χ3n) is 6.62. The van der Waals surface area contributed by atoms with Crippen molar-refractivity contribution in [2.24, 2.45) is 11.8 Å². The van der Waals surface area contributed by atoms with Gasteiger partial charge in [0.25, 0.3) is 0 Å². The highest BCUT2D eigenvalue weighted by atomic mass is 16.1. The van der Waals surface area contributed by atoms with Crippen molar-refractivity contribution in [2.75, 3.05) is 0 Å². The van der Waals surface area contributed by atoms with E-state index in [1.165, 1.54) is 12.8 Å². The second-order valence-corrected chi connectivity index (χ2v) is 9.42. The van der Waals surface area contributed by atoms with Gasteiger partial charge in [-0.1, -0.05) is 45.6 Å². The predicted octanol–water partition coefficient (Wildman–Crippen LogP) is 5.46. The molecule has 0 saturated heterocycles. The topological polar surface area (TPSA) is 60.1 Å². The van der Waals surface area contributed by atoms with E-state index in [1.807, 2.05) is 16.9 Å². The summed E-state index contributed by atoms with van der Waals surface area (Å²) in [4.78, 5) is 22.7. The first-order valence-corrected chi connectivity index (χ1v) is 11.7. The molecule has 2 aliphatic rings. The third kappa shape index (κ3) is 3.93. The highest BCUT2D eigenvalue weighted by Gasteiger charge is 2.25. The minimum Gasteiger partial charge on any atom is -0.294 e. The number of carbonyl (C=O) groups excluding carboxylic acids is 1. The fourth-order valence-corrected chi connectivity index (χ4v) is 4.98. The van der Waals surface area contributed by atoms with Gasteiger partial charge in [0.05, 0.1) is 23.0 Å². The number of aromatic nitrogens is 4. The summed E-state index contributed by atoms with van der Waals surface area (Å²) >= 11 is 0. The smallest absolute Gasteiger partial charge is 0.169 e. The van der Waals surface area contributed by atoms with E-state index in [1.54, 1.807) is 6.20 Å². The molecule has 3 heterocycles. The Kier molecular flexibility index (Phi) is 5.43. The number of allylic oxidation sites excluding steroid dienone is 1. The summed E-state index contributed by atoms with van der Waals surface area (Å²) in [6, 6.07) is 4.18. The summed E-state index contributed by atoms with van der Waals surface area (Å²) in [7, 11) is 0. The Morgan fingerprint density at radius 1 is 1.16 bits per heavy atom. The number of fused-ring (bicyclic) bond motifs is 2. The molecule has 5 heteroatoms. The quantitative estimate of drug-likeness (QED) is 0.411. The Balaban J connectivity index is 1.46. The van der Waals surface area contributed by atoms with Crippen molar-refractivity contribution in [3.63, 3.8) is 0 Å². The molecule has 0 bridgehead atoms. The Morgan fingerprint density at radius 3 is 2.74 bits per heavy atom. The number of hydrogen-bond acceptors (Lipinski definition) is 4. The van der Waals surface area contributed by atoms with Crippen LogP contribution >= 0.6 is 0 Å². The Bertz CT molecular complexity index is 1150. The molecular weight excluding hydrogens is 384 g/mol. The van der Waals surface area contributed by atoms with E-state index in [2.05, 4.69) is 42.1 Å². The second kappa shape index (κ2) is 8.37. The minimum atomic E-state index is 0.137. The van der Waals surface area contributed by atoms with Gasteiger partial charge in [-0.05, 0) is 42.0 Å². The van der Waals surface area contributed by atoms with Gasteiger partial charge in [0.15, 0.2) is 5.78 Å². The van der Waals surface area contributed by atoms with Crippen LogP contribution in [0.25, 0.3) is 11.1 Å². The first-order chi connectivity index (χ1) is 15.1. The number of Topliss-reactive ketones (excluding diaryl/α,β-unsaturated/α-hetero) is 1. The van der Waals surface area contributed by atoms with Gasteiger partial charge in [-0.15, -0.1) is 0 Å². The van der Waals surface area contributed by atoms with Crippen LogP contribution < -0.4 is 0 Å². The van der Waals surface area contributed by atoms with E-state index < -0.39 is 0 Å². The lowest BCUT2D eigenvalue weighted by Gasteiger charge is -2.12. The number of rotatable bonds is 5. The van der Waals surface area contributed by atoms with Gasteiger partial charge >= 0.3 is 0 Å². The van der Waals surface area contributed by atoms with Crippen LogP contribution in [0.1, 0.15) is 85.4 Å². The lowest BCUT2D eigenvalue weighted by atomic mass is 9.91. The SMILES string of the molecule is CC(C)Cc1ncc2c(n1)CC=C2c1ccn2ncc(C(=O)C3CCCCCC3)c2c1. The van der Waals surface area contributed by atoms with E-state index in [9.17, 15) is 4.79 Å². The molecule has 0 atom stereocenters. The van der Waals surface area contributed by atoms with Crippen LogP contribution in [0.4, 0.5) is 0 Å².